The Labute approximate surface area is 844 Å². The molecule has 4 aromatic heterocycles. The second kappa shape index (κ2) is 42.1. The number of methoxy groups -OCH3 is 2. The van der Waals surface area contributed by atoms with Crippen molar-refractivity contribution in [3.05, 3.63) is 288 Å². The zero-order valence-electron chi connectivity index (χ0n) is 72.1. The molecule has 12 aromatic rings. The van der Waals surface area contributed by atoms with E-state index in [-0.39, 0.29) is 174 Å². The summed E-state index contributed by atoms with van der Waals surface area (Å²) in [6, 6.07) is 30.1. The molecule has 3 amide bonds. The first-order valence-corrected chi connectivity index (χ1v) is 47.0. The van der Waals surface area contributed by atoms with Gasteiger partial charge in [-0.15, -0.1) is 20.4 Å². The van der Waals surface area contributed by atoms with Gasteiger partial charge in [0, 0.05) is 45.2 Å². The van der Waals surface area contributed by atoms with Gasteiger partial charge in [-0.2, -0.15) is 18.7 Å². The van der Waals surface area contributed by atoms with Crippen molar-refractivity contribution in [2.75, 3.05) is 40.4 Å². The van der Waals surface area contributed by atoms with E-state index in [2.05, 4.69) is 30.7 Å². The second-order valence-corrected chi connectivity index (χ2v) is 37.9. The Kier molecular flexibility index (Phi) is 30.3. The normalized spacial score (nSPS) is 18.6. The van der Waals surface area contributed by atoms with E-state index >= 15 is 0 Å². The first kappa shape index (κ1) is 99.9. The molecule has 726 valence electrons. The Hall–Kier alpha value is -12.1. The van der Waals surface area contributed by atoms with E-state index in [1.54, 1.807) is 18.2 Å². The number of H-pyrrole nitrogens is 4. The number of rotatable bonds is 18. The van der Waals surface area contributed by atoms with Crippen molar-refractivity contribution in [3.8, 4) is 91.7 Å². The van der Waals surface area contributed by atoms with Gasteiger partial charge in [0.25, 0.3) is 40.0 Å². The van der Waals surface area contributed by atoms with E-state index in [4.69, 9.17) is 168 Å². The van der Waals surface area contributed by atoms with Crippen molar-refractivity contribution >= 4 is 163 Å². The molecule has 8 bridgehead atoms. The number of aromatic nitrogens is 12. The van der Waals surface area contributed by atoms with Gasteiger partial charge in [-0.3, -0.25) is 53.5 Å². The van der Waals surface area contributed by atoms with Gasteiger partial charge < -0.3 is 63.8 Å². The van der Waals surface area contributed by atoms with Crippen LogP contribution in [0.25, 0.3) is 22.7 Å². The number of phenolic OH excluding ortho intramolecular Hbond substituents is 2. The largest absolute Gasteiger partial charge is 0.507 e. The molecular formula is C90H76Cl12N16O21. The molecular weight excluding hydrogens is 2070 g/mol. The number of aromatic amines is 4. The Morgan fingerprint density at radius 3 is 0.842 bits per heavy atom. The van der Waals surface area contributed by atoms with Gasteiger partial charge in [0.05, 0.1) is 93.8 Å². The van der Waals surface area contributed by atoms with Crippen molar-refractivity contribution in [1.82, 2.24) is 79.1 Å². The fourth-order valence-electron chi connectivity index (χ4n) is 17.9. The van der Waals surface area contributed by atoms with Crippen LogP contribution in [0.15, 0.2) is 160 Å². The fraction of sp³-hybridized carbons (Fsp3) is 0.289. The molecule has 4 saturated heterocycles. The summed E-state index contributed by atoms with van der Waals surface area (Å²) in [6.45, 7) is 3.44. The number of halogens is 12. The molecule has 139 heavy (non-hydrogen) atoms. The van der Waals surface area contributed by atoms with Crippen molar-refractivity contribution < 1.29 is 64.3 Å². The molecule has 8 fully saturated rings. The zero-order chi connectivity index (χ0) is 99.1. The van der Waals surface area contributed by atoms with Crippen LogP contribution in [0.3, 0.4) is 0 Å². The number of piperidine rings is 4. The molecule has 0 radical (unpaired) electrons. The van der Waals surface area contributed by atoms with Crippen molar-refractivity contribution in [2.45, 2.75) is 101 Å². The molecule has 0 spiro atoms. The van der Waals surface area contributed by atoms with Crippen LogP contribution in [0, 0.1) is 23.7 Å². The number of carbonyl (C=O) groups excluding carboxylic acids is 3. The first-order valence-electron chi connectivity index (χ1n) is 42.5. The number of benzene rings is 8. The number of carbonyl (C=O) groups is 4. The quantitative estimate of drug-likeness (QED) is 0.0395. The van der Waals surface area contributed by atoms with Crippen LogP contribution in [-0.2, 0) is 0 Å². The maximum atomic E-state index is 13.3. The summed E-state index contributed by atoms with van der Waals surface area (Å²) in [5.74, 6) is 2.38. The van der Waals surface area contributed by atoms with Gasteiger partial charge in [0.1, 0.15) is 51.6 Å². The third-order valence-corrected chi connectivity index (χ3v) is 27.6. The maximum absolute atomic E-state index is 13.3. The van der Waals surface area contributed by atoms with Crippen LogP contribution < -0.4 is 78.7 Å². The monoisotopic (exact) mass is 2140 g/mol. The lowest BCUT2D eigenvalue weighted by atomic mass is 10.1. The number of nitrogens with one attached hydrogen (secondary N) is 5. The Morgan fingerprint density at radius 2 is 0.612 bits per heavy atom. The van der Waals surface area contributed by atoms with Crippen molar-refractivity contribution in [3.63, 3.8) is 0 Å². The van der Waals surface area contributed by atoms with E-state index in [9.17, 15) is 72.9 Å². The number of aromatic hydroxyl groups is 2. The highest BCUT2D eigenvalue weighted by molar-refractivity contribution is 6.40. The molecule has 8 atom stereocenters. The van der Waals surface area contributed by atoms with Crippen molar-refractivity contribution in [2.24, 2.45) is 23.7 Å². The summed E-state index contributed by atoms with van der Waals surface area (Å²) < 4.78 is 37.0. The molecule has 8 N–H and O–H groups in total. The summed E-state index contributed by atoms with van der Waals surface area (Å²) in [6.07, 6.45) is 13.8. The van der Waals surface area contributed by atoms with Gasteiger partial charge in [-0.1, -0.05) is 139 Å². The molecule has 20 rings (SSSR count). The van der Waals surface area contributed by atoms with Crippen molar-refractivity contribution in [1.29, 1.82) is 0 Å². The smallest absolute Gasteiger partial charge is 0.349 e. The van der Waals surface area contributed by atoms with Crippen LogP contribution in [0.4, 0.5) is 0 Å². The lowest BCUT2D eigenvalue weighted by Gasteiger charge is -2.27. The predicted molar refractivity (Wildman–Crippen MR) is 519 cm³/mol. The molecule has 4 unspecified atom stereocenters. The topological polar surface area (TPSA) is 477 Å². The fourth-order valence-corrected chi connectivity index (χ4v) is 20.6. The van der Waals surface area contributed by atoms with Gasteiger partial charge in [-0.25, -0.2) is 24.0 Å². The summed E-state index contributed by atoms with van der Waals surface area (Å²) in [5.41, 5.74) is -5.47. The molecule has 4 aliphatic carbocycles. The van der Waals surface area contributed by atoms with Gasteiger partial charge in [0.15, 0.2) is 23.0 Å². The van der Waals surface area contributed by atoms with E-state index in [1.165, 1.54) is 143 Å². The maximum Gasteiger partial charge on any atom is 0.349 e. The third kappa shape index (κ3) is 21.9. The van der Waals surface area contributed by atoms with Crippen LogP contribution in [0.2, 0.25) is 60.8 Å². The van der Waals surface area contributed by atoms with Crippen LogP contribution in [0.1, 0.15) is 120 Å². The summed E-state index contributed by atoms with van der Waals surface area (Å²) in [7, 11) is 2.85. The standard InChI is InChI=1S/C23H19Cl3N4O5.2C22H17Cl3N4O5.C17H10Cl3N3O6.C6H11N.H2/c1-34-18-5-4-14(9-15(18)22(32)29-10-11-2-3-12(29)6-11)35-19-16(24)7-13(8-17(19)25)30-23(33)27-21(31)20(26)28-30;2*23-15-6-12(29-22(33)26-20(31)19(25)27-29)7-16(24)18(15)34-13-3-4-17(30)14(8-13)21(32)28-9-10-1-2-11(28)5-10;1-28-12-3-2-8(6-9(12)16(25)26)29-13-10(18)4-7(5-11(13)19)23-17(27)21-15(24)14(20)22-23;1-2-6-3-5(1)4-7-6;/h4-5,7-9,11-12H,2-3,6,10H2,1H3,(H,27,31,33);2*3-4,6-8,10-11,30H,1-2,5,9H2,(H,26,31,33);2-6H,1H3,(H,25,26)(H,21,24,27);5-7H,1-4H2;1H/t;2*10-,11+;;;/m.10.../s1/i;;;;;1+1. The Morgan fingerprint density at radius 1 is 0.345 bits per heavy atom. The molecule has 8 aliphatic rings. The number of nitrogens with zero attached hydrogens (tertiary/aromatic N) is 11. The predicted octanol–water partition coefficient (Wildman–Crippen LogP) is 16.7. The molecule has 8 aromatic carbocycles. The van der Waals surface area contributed by atoms with E-state index in [0.29, 0.717) is 47.9 Å². The average Bonchev–Trinajstić information content (AvgIpc) is 1.63. The number of carboxylic acids is 1. The number of aromatic carboxylic acids is 1. The number of hydrogen-bond donors (Lipinski definition) is 8. The Balaban J connectivity index is 0.000000137. The molecule has 4 saturated carbocycles. The number of amides is 3. The second-order valence-electron chi connectivity index (χ2n) is 33.3. The van der Waals surface area contributed by atoms with Gasteiger partial charge in [-0.05, 0) is 229 Å². The number of carboxylic acid groups (broad SMARTS) is 1. The minimum absolute atomic E-state index is 0. The zero-order valence-corrected chi connectivity index (χ0v) is 81.2. The number of phenols is 2. The van der Waals surface area contributed by atoms with Crippen LogP contribution in [-0.4, -0.2) is 177 Å². The summed E-state index contributed by atoms with van der Waals surface area (Å²) in [5, 5.41) is 46.8. The third-order valence-electron chi connectivity index (χ3n) is 24.4. The number of hydrogen-bond acceptors (Lipinski definition) is 25. The minimum atomic E-state index is -1.21. The highest BCUT2D eigenvalue weighted by Crippen LogP contribution is 2.48. The molecule has 37 nitrogen and oxygen atoms in total. The lowest BCUT2D eigenvalue weighted by Crippen LogP contribution is -2.37. The van der Waals surface area contributed by atoms with Gasteiger partial charge in [0.2, 0.25) is 20.6 Å². The first-order chi connectivity index (χ1) is 66.3. The van der Waals surface area contributed by atoms with Crippen LogP contribution >= 0.6 is 139 Å². The highest BCUT2D eigenvalue weighted by atomic mass is 35.5. The number of ether oxygens (including phenoxy) is 6. The summed E-state index contributed by atoms with van der Waals surface area (Å²) in [4.78, 5) is 158. The molecule has 49 heteroatoms. The van der Waals surface area contributed by atoms with E-state index in [0.717, 1.165) is 95.0 Å². The number of fused-ring (bicyclic) bond motifs is 8. The Bertz CT molecular complexity index is 7170. The SMILES string of the molecule is C1CC2CC1CN2.COc1ccc(Oc2c(Cl)cc(-n3nc(Cl)c(=O)[nH]c3=O)cc2Cl)cc1C(=O)N1CC2CCC1C2.COc1ccc(Oc2c(Cl)cc(-n3nc(Cl)c(=O)[nH]c3=O)cc2Cl)cc1C(=O)O.O=C(c1cc(Oc2c(Cl)cc(-n3nc(Cl)c(=O)[nH]c3=O)cc2Cl)ccc1O)N1C[C@@H]2CC[C@H]1C2.O=C(c1cc(Oc2c(Cl)cc(-n3nc(Cl)c(=O)[nH]c3=O)cc2Cl)ccc1O)N1C[C@H]2CC[C@@H]1C2.[2HH]. The van der Waals surface area contributed by atoms with Crippen LogP contribution in [0.5, 0.6) is 69.0 Å². The highest BCUT2D eigenvalue weighted by Gasteiger charge is 2.44. The molecule has 4 aliphatic heterocycles. The van der Waals surface area contributed by atoms with Gasteiger partial charge >= 0.3 is 28.7 Å². The number of likely N-dealkylation sites (tertiary alicyclic amines) is 3. The average molecular weight is 2140 g/mol. The van der Waals surface area contributed by atoms with E-state index < -0.39 is 71.6 Å². The van der Waals surface area contributed by atoms with E-state index in [1.807, 2.05) is 29.7 Å². The molecule has 8 heterocycles. The minimum Gasteiger partial charge on any atom is -0.507 e. The summed E-state index contributed by atoms with van der Waals surface area (Å²) >= 11 is 73.5. The lowest BCUT2D eigenvalue weighted by molar-refractivity contribution is 0.0684.